The molecular weight excluding hydrogens is 171 g/mol. The molecule has 0 spiro atoms. The molecule has 0 atom stereocenters. The molecule has 0 heterocycles. The van der Waals surface area contributed by atoms with Gasteiger partial charge in [0, 0.05) is 29.6 Å². The van der Waals surface area contributed by atoms with Gasteiger partial charge in [-0.15, -0.1) is 0 Å². The van der Waals surface area contributed by atoms with Gasteiger partial charge in [-0.2, -0.15) is 0 Å². The van der Waals surface area contributed by atoms with E-state index in [9.17, 15) is 0 Å². The van der Waals surface area contributed by atoms with E-state index in [-0.39, 0.29) is 35.0 Å². The molecule has 1 N–H and O–H groups in total. The summed E-state index contributed by atoms with van der Waals surface area (Å²) in [6.07, 6.45) is 1.11. The van der Waals surface area contributed by atoms with Gasteiger partial charge in [-0.05, 0) is 29.5 Å². The van der Waals surface area contributed by atoms with Crippen molar-refractivity contribution in [1.29, 1.82) is 0 Å². The summed E-state index contributed by atoms with van der Waals surface area (Å²) in [6.45, 7) is 6.59. The van der Waals surface area contributed by atoms with Crippen molar-refractivity contribution in [3.05, 3.63) is 29.8 Å². The van der Waals surface area contributed by atoms with Crippen molar-refractivity contribution in [2.24, 2.45) is 0 Å². The molecule has 13 heavy (non-hydrogen) atoms. The van der Waals surface area contributed by atoms with Crippen LogP contribution in [0.5, 0.6) is 5.75 Å². The largest absolute Gasteiger partial charge is 0.508 e. The molecule has 0 saturated carbocycles. The van der Waals surface area contributed by atoms with Crippen LogP contribution in [0.1, 0.15) is 32.8 Å². The van der Waals surface area contributed by atoms with Crippen molar-refractivity contribution < 1.29 is 5.11 Å². The summed E-state index contributed by atoms with van der Waals surface area (Å²) in [7, 11) is 0. The number of rotatable bonds is 2. The molecule has 0 aliphatic carbocycles. The maximum atomic E-state index is 9.10. The van der Waals surface area contributed by atoms with Gasteiger partial charge >= 0.3 is 0 Å². The number of aromatic hydroxyl groups is 1. The van der Waals surface area contributed by atoms with Crippen LogP contribution in [-0.4, -0.2) is 34.7 Å². The SMILES string of the molecule is CCC(C)(C)c1ccc(O)cc1.[Na]. The van der Waals surface area contributed by atoms with Crippen LogP contribution in [-0.2, 0) is 5.41 Å². The average Bonchev–Trinajstić information content (AvgIpc) is 2.05. The zero-order chi connectivity index (χ0) is 9.19. The zero-order valence-corrected chi connectivity index (χ0v) is 11.0. The first-order valence-electron chi connectivity index (χ1n) is 4.36. The normalized spacial score (nSPS) is 10.7. The van der Waals surface area contributed by atoms with E-state index in [0.717, 1.165) is 6.42 Å². The van der Waals surface area contributed by atoms with E-state index < -0.39 is 0 Å². The maximum absolute atomic E-state index is 9.10. The van der Waals surface area contributed by atoms with Gasteiger partial charge in [0.05, 0.1) is 0 Å². The Morgan fingerprint density at radius 3 is 2.00 bits per heavy atom. The van der Waals surface area contributed by atoms with Crippen molar-refractivity contribution in [3.8, 4) is 5.75 Å². The Kier molecular flexibility index (Phi) is 5.05. The molecule has 0 amide bonds. The molecule has 1 nitrogen and oxygen atoms in total. The van der Waals surface area contributed by atoms with E-state index >= 15 is 0 Å². The van der Waals surface area contributed by atoms with Crippen LogP contribution in [0.3, 0.4) is 0 Å². The van der Waals surface area contributed by atoms with Crippen molar-refractivity contribution in [1.82, 2.24) is 0 Å². The fourth-order valence-corrected chi connectivity index (χ4v) is 1.12. The smallest absolute Gasteiger partial charge is 0.115 e. The van der Waals surface area contributed by atoms with Crippen LogP contribution in [0.4, 0.5) is 0 Å². The van der Waals surface area contributed by atoms with Gasteiger partial charge < -0.3 is 5.11 Å². The van der Waals surface area contributed by atoms with Gasteiger partial charge in [0.1, 0.15) is 5.75 Å². The number of phenols is 1. The van der Waals surface area contributed by atoms with Crippen LogP contribution in [0.2, 0.25) is 0 Å². The number of benzene rings is 1. The van der Waals surface area contributed by atoms with E-state index in [4.69, 9.17) is 5.11 Å². The summed E-state index contributed by atoms with van der Waals surface area (Å²) in [5.41, 5.74) is 1.50. The quantitative estimate of drug-likeness (QED) is 0.706. The van der Waals surface area contributed by atoms with Crippen LogP contribution in [0.15, 0.2) is 24.3 Å². The predicted molar refractivity (Wildman–Crippen MR) is 57.2 cm³/mol. The molecule has 67 valence electrons. The molecule has 1 aromatic carbocycles. The minimum Gasteiger partial charge on any atom is -0.508 e. The molecule has 0 fully saturated rings. The average molecular weight is 187 g/mol. The molecule has 0 aliphatic rings. The predicted octanol–water partition coefficient (Wildman–Crippen LogP) is 2.70. The molecule has 0 aromatic heterocycles. The fourth-order valence-electron chi connectivity index (χ4n) is 1.12. The zero-order valence-electron chi connectivity index (χ0n) is 8.96. The van der Waals surface area contributed by atoms with E-state index in [1.165, 1.54) is 5.56 Å². The van der Waals surface area contributed by atoms with E-state index in [1.54, 1.807) is 12.1 Å². The van der Waals surface area contributed by atoms with Crippen LogP contribution in [0.25, 0.3) is 0 Å². The summed E-state index contributed by atoms with van der Waals surface area (Å²) in [6, 6.07) is 7.46. The third-order valence-electron chi connectivity index (χ3n) is 2.53. The molecule has 0 bridgehead atoms. The standard InChI is InChI=1S/C11H16O.Na/c1-4-11(2,3)9-5-7-10(12)8-6-9;/h5-8,12H,4H2,1-3H3;. The Balaban J connectivity index is 0.00000144. The van der Waals surface area contributed by atoms with Gasteiger partial charge in [-0.3, -0.25) is 0 Å². The first-order valence-corrected chi connectivity index (χ1v) is 4.36. The molecule has 1 rings (SSSR count). The molecule has 1 radical (unpaired) electrons. The van der Waals surface area contributed by atoms with Gasteiger partial charge in [0.2, 0.25) is 0 Å². The Morgan fingerprint density at radius 2 is 1.62 bits per heavy atom. The van der Waals surface area contributed by atoms with Crippen molar-refractivity contribution in [2.45, 2.75) is 32.6 Å². The molecule has 2 heteroatoms. The van der Waals surface area contributed by atoms with E-state index in [0.29, 0.717) is 5.75 Å². The minimum absolute atomic E-state index is 0. The van der Waals surface area contributed by atoms with E-state index in [2.05, 4.69) is 20.8 Å². The third kappa shape index (κ3) is 3.34. The first-order chi connectivity index (χ1) is 5.56. The second-order valence-corrected chi connectivity index (χ2v) is 3.78. The number of hydrogen-bond donors (Lipinski definition) is 1. The van der Waals surface area contributed by atoms with Crippen LogP contribution >= 0.6 is 0 Å². The fraction of sp³-hybridized carbons (Fsp3) is 0.455. The van der Waals surface area contributed by atoms with Crippen molar-refractivity contribution in [2.75, 3.05) is 0 Å². The van der Waals surface area contributed by atoms with Gasteiger partial charge in [-0.25, -0.2) is 0 Å². The topological polar surface area (TPSA) is 20.2 Å². The summed E-state index contributed by atoms with van der Waals surface area (Å²) in [5.74, 6) is 0.339. The van der Waals surface area contributed by atoms with Gasteiger partial charge in [0.25, 0.3) is 0 Å². The van der Waals surface area contributed by atoms with Gasteiger partial charge in [-0.1, -0.05) is 32.9 Å². The molecule has 0 aliphatic heterocycles. The summed E-state index contributed by atoms with van der Waals surface area (Å²) in [4.78, 5) is 0. The monoisotopic (exact) mass is 187 g/mol. The maximum Gasteiger partial charge on any atom is 0.115 e. The second kappa shape index (κ2) is 5.04. The van der Waals surface area contributed by atoms with Crippen molar-refractivity contribution in [3.63, 3.8) is 0 Å². The third-order valence-corrected chi connectivity index (χ3v) is 2.53. The summed E-state index contributed by atoms with van der Waals surface area (Å²) < 4.78 is 0. The molecule has 1 aromatic rings. The van der Waals surface area contributed by atoms with Crippen LogP contribution in [0, 0.1) is 0 Å². The molecule has 0 unspecified atom stereocenters. The van der Waals surface area contributed by atoms with Crippen LogP contribution < -0.4 is 0 Å². The Morgan fingerprint density at radius 1 is 1.15 bits per heavy atom. The van der Waals surface area contributed by atoms with Crippen molar-refractivity contribution >= 4 is 29.6 Å². The first kappa shape index (κ1) is 13.0. The molecular formula is C11H16NaO. The van der Waals surface area contributed by atoms with E-state index in [1.807, 2.05) is 12.1 Å². The Labute approximate surface area is 102 Å². The summed E-state index contributed by atoms with van der Waals surface area (Å²) >= 11 is 0. The number of phenolic OH excluding ortho intramolecular Hbond substituents is 1. The number of hydrogen-bond acceptors (Lipinski definition) is 1. The van der Waals surface area contributed by atoms with Gasteiger partial charge in [0.15, 0.2) is 0 Å². The minimum atomic E-state index is 0. The Hall–Kier alpha value is 0.0200. The Bertz CT molecular complexity index is 251. The summed E-state index contributed by atoms with van der Waals surface area (Å²) in [5, 5.41) is 9.10. The second-order valence-electron chi connectivity index (χ2n) is 3.78. The molecule has 0 saturated heterocycles.